The van der Waals surface area contributed by atoms with Gasteiger partial charge in [0.05, 0.1) is 19.2 Å². The van der Waals surface area contributed by atoms with Crippen LogP contribution in [0.4, 0.5) is 5.69 Å². The number of hydrogen-bond acceptors (Lipinski definition) is 4. The Labute approximate surface area is 143 Å². The molecule has 0 saturated carbocycles. The molecule has 1 aliphatic heterocycles. The smallest absolute Gasteiger partial charge is 0.243 e. The number of para-hydroxylation sites is 1. The highest BCUT2D eigenvalue weighted by Gasteiger charge is 2.22. The van der Waals surface area contributed by atoms with Crippen LogP contribution >= 0.6 is 0 Å². The minimum absolute atomic E-state index is 0.0169. The van der Waals surface area contributed by atoms with Crippen molar-refractivity contribution in [2.24, 2.45) is 0 Å². The second-order valence-corrected chi connectivity index (χ2v) is 6.60. The van der Waals surface area contributed by atoms with Gasteiger partial charge in [-0.15, -0.1) is 0 Å². The molecule has 24 heavy (non-hydrogen) atoms. The molecule has 132 valence electrons. The number of piperidine rings is 1. The zero-order valence-corrected chi connectivity index (χ0v) is 14.7. The van der Waals surface area contributed by atoms with E-state index in [0.29, 0.717) is 6.54 Å². The van der Waals surface area contributed by atoms with E-state index in [4.69, 9.17) is 0 Å². The first-order valence-electron chi connectivity index (χ1n) is 8.37. The van der Waals surface area contributed by atoms with Crippen LogP contribution in [-0.4, -0.2) is 66.1 Å². The van der Waals surface area contributed by atoms with Crippen molar-refractivity contribution in [2.75, 3.05) is 38.5 Å². The number of aliphatic hydroxyl groups excluding tert-OH is 1. The number of nitrogens with one attached hydrogen (secondary N) is 1. The lowest BCUT2D eigenvalue weighted by Crippen LogP contribution is -2.46. The third kappa shape index (κ3) is 5.04. The number of likely N-dealkylation sites (tertiary alicyclic amines) is 1. The molecule has 1 aliphatic rings. The van der Waals surface area contributed by atoms with Crippen molar-refractivity contribution in [3.8, 4) is 0 Å². The Kier molecular flexibility index (Phi) is 6.34. The molecule has 1 saturated heterocycles. The predicted octanol–water partition coefficient (Wildman–Crippen LogP) is 1.16. The van der Waals surface area contributed by atoms with Gasteiger partial charge in [-0.3, -0.25) is 14.5 Å². The summed E-state index contributed by atoms with van der Waals surface area (Å²) in [6.45, 7) is 5.48. The molecule has 0 aromatic heterocycles. The van der Waals surface area contributed by atoms with Crippen molar-refractivity contribution in [3.05, 3.63) is 29.3 Å². The summed E-state index contributed by atoms with van der Waals surface area (Å²) in [5.74, 6) is -0.317. The molecule has 0 radical (unpaired) electrons. The van der Waals surface area contributed by atoms with Gasteiger partial charge in [-0.1, -0.05) is 18.2 Å². The van der Waals surface area contributed by atoms with E-state index in [-0.39, 0.29) is 31.0 Å². The molecule has 2 rings (SSSR count). The van der Waals surface area contributed by atoms with Gasteiger partial charge in [0.25, 0.3) is 0 Å². The number of amides is 2. The average Bonchev–Trinajstić information content (AvgIpc) is 2.51. The lowest BCUT2D eigenvalue weighted by molar-refractivity contribution is -0.134. The minimum atomic E-state index is -0.357. The number of anilines is 1. The first kappa shape index (κ1) is 18.4. The fourth-order valence-electron chi connectivity index (χ4n) is 2.98. The van der Waals surface area contributed by atoms with Gasteiger partial charge in [-0.2, -0.15) is 0 Å². The van der Waals surface area contributed by atoms with Crippen LogP contribution in [0.1, 0.15) is 24.0 Å². The number of β-amino-alcohol motifs (C(OH)–C–C–N with tert-alkyl or cyclic N) is 1. The second-order valence-electron chi connectivity index (χ2n) is 6.60. The Bertz CT molecular complexity index is 583. The maximum atomic E-state index is 12.3. The number of hydrogen-bond donors (Lipinski definition) is 2. The third-order valence-electron chi connectivity index (χ3n) is 4.39. The molecule has 1 aromatic carbocycles. The van der Waals surface area contributed by atoms with Gasteiger partial charge in [-0.05, 0) is 44.4 Å². The fourth-order valence-corrected chi connectivity index (χ4v) is 2.98. The van der Waals surface area contributed by atoms with Crippen LogP contribution in [0, 0.1) is 13.8 Å². The SMILES string of the molecule is Cc1cccc(C)c1NC(=O)CN(C)C(=O)CN1CCC[C@H](O)C1. The van der Waals surface area contributed by atoms with E-state index >= 15 is 0 Å². The van der Waals surface area contributed by atoms with Crippen molar-refractivity contribution in [2.45, 2.75) is 32.8 Å². The van der Waals surface area contributed by atoms with Crippen molar-refractivity contribution >= 4 is 17.5 Å². The molecule has 1 heterocycles. The summed E-state index contributed by atoms with van der Waals surface area (Å²) in [4.78, 5) is 27.9. The van der Waals surface area contributed by atoms with E-state index < -0.39 is 0 Å². The molecule has 0 unspecified atom stereocenters. The fraction of sp³-hybridized carbons (Fsp3) is 0.556. The molecule has 6 nitrogen and oxygen atoms in total. The highest BCUT2D eigenvalue weighted by Crippen LogP contribution is 2.19. The quantitative estimate of drug-likeness (QED) is 0.848. The lowest BCUT2D eigenvalue weighted by atomic mass is 10.1. The van der Waals surface area contributed by atoms with Crippen LogP contribution in [0.25, 0.3) is 0 Å². The molecule has 6 heteroatoms. The standard InChI is InChI=1S/C18H27N3O3/c1-13-6-4-7-14(2)18(13)19-16(23)11-20(3)17(24)12-21-9-5-8-15(22)10-21/h4,6-7,15,22H,5,8-12H2,1-3H3,(H,19,23)/t15-/m0/s1. The second kappa shape index (κ2) is 8.26. The van der Waals surface area contributed by atoms with Gasteiger partial charge in [0.1, 0.15) is 0 Å². The zero-order chi connectivity index (χ0) is 17.7. The van der Waals surface area contributed by atoms with Gasteiger partial charge in [0.2, 0.25) is 11.8 Å². The van der Waals surface area contributed by atoms with Gasteiger partial charge in [0.15, 0.2) is 0 Å². The third-order valence-corrected chi connectivity index (χ3v) is 4.39. The number of aliphatic hydroxyl groups is 1. The average molecular weight is 333 g/mol. The molecule has 0 spiro atoms. The first-order valence-corrected chi connectivity index (χ1v) is 8.37. The Balaban J connectivity index is 1.85. The van der Waals surface area contributed by atoms with E-state index in [1.165, 1.54) is 4.90 Å². The summed E-state index contributed by atoms with van der Waals surface area (Å²) in [6.07, 6.45) is 1.33. The summed E-state index contributed by atoms with van der Waals surface area (Å²) in [5, 5.41) is 12.6. The number of likely N-dealkylation sites (N-methyl/N-ethyl adjacent to an activating group) is 1. The highest BCUT2D eigenvalue weighted by molar-refractivity contribution is 5.95. The molecule has 2 N–H and O–H groups in total. The van der Waals surface area contributed by atoms with E-state index in [1.54, 1.807) is 7.05 Å². The number of nitrogens with zero attached hydrogens (tertiary/aromatic N) is 2. The van der Waals surface area contributed by atoms with Crippen LogP contribution < -0.4 is 5.32 Å². The highest BCUT2D eigenvalue weighted by atomic mass is 16.3. The molecule has 0 bridgehead atoms. The van der Waals surface area contributed by atoms with Crippen LogP contribution in [0.5, 0.6) is 0 Å². The summed E-state index contributed by atoms with van der Waals surface area (Å²) in [5.41, 5.74) is 2.81. The molecular formula is C18H27N3O3. The van der Waals surface area contributed by atoms with Gasteiger partial charge >= 0.3 is 0 Å². The zero-order valence-electron chi connectivity index (χ0n) is 14.7. The van der Waals surface area contributed by atoms with Crippen molar-refractivity contribution in [1.82, 2.24) is 9.80 Å². The van der Waals surface area contributed by atoms with Crippen molar-refractivity contribution in [3.63, 3.8) is 0 Å². The van der Waals surface area contributed by atoms with Gasteiger partial charge in [0, 0.05) is 19.3 Å². The summed E-state index contributed by atoms with van der Waals surface area (Å²) in [7, 11) is 1.63. The lowest BCUT2D eigenvalue weighted by Gasteiger charge is -2.30. The summed E-state index contributed by atoms with van der Waals surface area (Å²) >= 11 is 0. The Morgan fingerprint density at radius 2 is 2.00 bits per heavy atom. The summed E-state index contributed by atoms with van der Waals surface area (Å²) < 4.78 is 0. The maximum absolute atomic E-state index is 12.3. The number of carbonyl (C=O) groups excluding carboxylic acids is 2. The Morgan fingerprint density at radius 3 is 2.62 bits per heavy atom. The minimum Gasteiger partial charge on any atom is -0.392 e. The Hall–Kier alpha value is -1.92. The number of rotatable bonds is 5. The van der Waals surface area contributed by atoms with E-state index in [2.05, 4.69) is 5.32 Å². The molecule has 1 atom stereocenters. The molecular weight excluding hydrogens is 306 g/mol. The van der Waals surface area contributed by atoms with Crippen molar-refractivity contribution < 1.29 is 14.7 Å². The van der Waals surface area contributed by atoms with Crippen LogP contribution in [0.3, 0.4) is 0 Å². The van der Waals surface area contributed by atoms with E-state index in [0.717, 1.165) is 36.2 Å². The normalized spacial score (nSPS) is 18.2. The number of benzene rings is 1. The molecule has 0 aliphatic carbocycles. The molecule has 1 fully saturated rings. The number of carbonyl (C=O) groups is 2. The predicted molar refractivity (Wildman–Crippen MR) is 93.9 cm³/mol. The topological polar surface area (TPSA) is 72.9 Å². The van der Waals surface area contributed by atoms with Crippen LogP contribution in [0.2, 0.25) is 0 Å². The van der Waals surface area contributed by atoms with Crippen molar-refractivity contribution in [1.29, 1.82) is 0 Å². The largest absolute Gasteiger partial charge is 0.392 e. The molecule has 1 aromatic rings. The monoisotopic (exact) mass is 333 g/mol. The number of aryl methyl sites for hydroxylation is 2. The van der Waals surface area contributed by atoms with Gasteiger partial charge in [-0.25, -0.2) is 0 Å². The van der Waals surface area contributed by atoms with E-state index in [1.807, 2.05) is 36.9 Å². The van der Waals surface area contributed by atoms with Crippen LogP contribution in [0.15, 0.2) is 18.2 Å². The Morgan fingerprint density at radius 1 is 1.33 bits per heavy atom. The summed E-state index contributed by atoms with van der Waals surface area (Å²) in [6, 6.07) is 5.83. The maximum Gasteiger partial charge on any atom is 0.243 e. The van der Waals surface area contributed by atoms with Crippen LogP contribution in [-0.2, 0) is 9.59 Å². The van der Waals surface area contributed by atoms with E-state index in [9.17, 15) is 14.7 Å². The van der Waals surface area contributed by atoms with Gasteiger partial charge < -0.3 is 15.3 Å². The molecule has 2 amide bonds. The first-order chi connectivity index (χ1) is 11.4.